The van der Waals surface area contributed by atoms with Crippen molar-refractivity contribution >= 4 is 54.0 Å². The van der Waals surface area contributed by atoms with Crippen molar-refractivity contribution in [1.82, 2.24) is 15.0 Å². The van der Waals surface area contributed by atoms with Gasteiger partial charge < -0.3 is 0 Å². The first-order valence-corrected chi connectivity index (χ1v) is 12.8. The number of rotatable bonds is 2. The van der Waals surface area contributed by atoms with Gasteiger partial charge in [-0.1, -0.05) is 84.9 Å². The van der Waals surface area contributed by atoms with Crippen LogP contribution in [0.3, 0.4) is 0 Å². The Bertz CT molecular complexity index is 2130. The normalized spacial score (nSPS) is 11.7. The Labute approximate surface area is 219 Å². The minimum absolute atomic E-state index is 0.938. The fourth-order valence-corrected chi connectivity index (χ4v) is 5.92. The Balaban J connectivity index is 1.52. The van der Waals surface area contributed by atoms with Gasteiger partial charge in [0.2, 0.25) is 0 Å². The number of pyridine rings is 3. The lowest BCUT2D eigenvalue weighted by Crippen LogP contribution is -1.94. The molecule has 5 aromatic carbocycles. The van der Waals surface area contributed by atoms with Crippen LogP contribution in [0.1, 0.15) is 0 Å². The number of fused-ring (bicyclic) bond motifs is 6. The van der Waals surface area contributed by atoms with Crippen molar-refractivity contribution < 1.29 is 0 Å². The highest BCUT2D eigenvalue weighted by molar-refractivity contribution is 6.23. The lowest BCUT2D eigenvalue weighted by atomic mass is 9.86. The molecule has 0 N–H and O–H groups in total. The van der Waals surface area contributed by atoms with Crippen molar-refractivity contribution in [2.24, 2.45) is 0 Å². The van der Waals surface area contributed by atoms with E-state index in [1.807, 2.05) is 30.9 Å². The minimum atomic E-state index is 0.938. The molecule has 3 aromatic heterocycles. The van der Waals surface area contributed by atoms with Gasteiger partial charge in [-0.25, -0.2) is 4.98 Å². The number of hydrogen-bond donors (Lipinski definition) is 0. The molecule has 0 aliphatic heterocycles. The standard InChI is InChI=1S/C35H21N3/c1-2-8-25-22(6-1)7-5-11-26(25)33-27-9-3-4-10-28(27)34(31-21-37-19-17-29(31)33)32-15-14-24-13-12-23-16-18-36-20-30(23)35(24)38-32/h1-21H. The van der Waals surface area contributed by atoms with Crippen LogP contribution >= 0.6 is 0 Å². The SMILES string of the molecule is c1ccc2c(-c3c4ccccc4c(-c4ccc5ccc6ccncc6c5n4)c4cnccc34)cccc2c1. The molecular formula is C35H21N3. The maximum atomic E-state index is 5.26. The Hall–Kier alpha value is -5.15. The van der Waals surface area contributed by atoms with Crippen LogP contribution in [0, 0.1) is 0 Å². The molecule has 0 amide bonds. The van der Waals surface area contributed by atoms with Crippen molar-refractivity contribution in [3.63, 3.8) is 0 Å². The lowest BCUT2D eigenvalue weighted by Gasteiger charge is -2.18. The van der Waals surface area contributed by atoms with E-state index in [1.54, 1.807) is 0 Å². The summed E-state index contributed by atoms with van der Waals surface area (Å²) in [5, 5.41) is 10.4. The Morgan fingerprint density at radius 1 is 0.395 bits per heavy atom. The maximum Gasteiger partial charge on any atom is 0.0803 e. The Morgan fingerprint density at radius 3 is 1.92 bits per heavy atom. The molecule has 0 spiro atoms. The van der Waals surface area contributed by atoms with Crippen LogP contribution in [0.5, 0.6) is 0 Å². The third kappa shape index (κ3) is 3.06. The predicted octanol–water partition coefficient (Wildman–Crippen LogP) is 8.97. The monoisotopic (exact) mass is 483 g/mol. The van der Waals surface area contributed by atoms with E-state index in [0.29, 0.717) is 0 Å². The highest BCUT2D eigenvalue weighted by Gasteiger charge is 2.19. The predicted molar refractivity (Wildman–Crippen MR) is 158 cm³/mol. The third-order valence-electron chi connectivity index (χ3n) is 7.62. The van der Waals surface area contributed by atoms with Crippen LogP contribution < -0.4 is 0 Å². The Morgan fingerprint density at radius 2 is 1.03 bits per heavy atom. The van der Waals surface area contributed by atoms with E-state index in [0.717, 1.165) is 38.3 Å². The first-order chi connectivity index (χ1) is 18.9. The zero-order valence-electron chi connectivity index (χ0n) is 20.5. The average molecular weight is 484 g/mol. The molecule has 3 nitrogen and oxygen atoms in total. The highest BCUT2D eigenvalue weighted by atomic mass is 14.7. The molecule has 176 valence electrons. The van der Waals surface area contributed by atoms with Gasteiger partial charge in [-0.2, -0.15) is 0 Å². The van der Waals surface area contributed by atoms with Crippen LogP contribution in [-0.2, 0) is 0 Å². The first-order valence-electron chi connectivity index (χ1n) is 12.8. The second-order valence-electron chi connectivity index (χ2n) is 9.67. The van der Waals surface area contributed by atoms with Gasteiger partial charge in [0.15, 0.2) is 0 Å². The summed E-state index contributed by atoms with van der Waals surface area (Å²) in [7, 11) is 0. The largest absolute Gasteiger partial charge is 0.264 e. The van der Waals surface area contributed by atoms with Crippen LogP contribution in [0.4, 0.5) is 0 Å². The van der Waals surface area contributed by atoms with E-state index in [9.17, 15) is 0 Å². The molecule has 0 unspecified atom stereocenters. The summed E-state index contributed by atoms with van der Waals surface area (Å²) in [4.78, 5) is 14.2. The van der Waals surface area contributed by atoms with Crippen LogP contribution in [0.2, 0.25) is 0 Å². The first kappa shape index (κ1) is 21.0. The topological polar surface area (TPSA) is 38.7 Å². The van der Waals surface area contributed by atoms with Crippen molar-refractivity contribution in [3.05, 3.63) is 128 Å². The van der Waals surface area contributed by atoms with Gasteiger partial charge in [-0.15, -0.1) is 0 Å². The molecule has 0 aliphatic rings. The molecule has 8 aromatic rings. The van der Waals surface area contributed by atoms with Crippen molar-refractivity contribution in [2.75, 3.05) is 0 Å². The van der Waals surface area contributed by atoms with Crippen molar-refractivity contribution in [1.29, 1.82) is 0 Å². The average Bonchev–Trinajstić information content (AvgIpc) is 2.99. The highest BCUT2D eigenvalue weighted by Crippen LogP contribution is 2.44. The summed E-state index contributed by atoms with van der Waals surface area (Å²) >= 11 is 0. The molecule has 0 bridgehead atoms. The van der Waals surface area contributed by atoms with Crippen molar-refractivity contribution in [3.8, 4) is 22.4 Å². The number of nitrogens with zero attached hydrogens (tertiary/aromatic N) is 3. The van der Waals surface area contributed by atoms with Crippen LogP contribution in [0.15, 0.2) is 128 Å². The van der Waals surface area contributed by atoms with Gasteiger partial charge in [0.1, 0.15) is 0 Å². The molecule has 38 heavy (non-hydrogen) atoms. The second-order valence-corrected chi connectivity index (χ2v) is 9.67. The van der Waals surface area contributed by atoms with Gasteiger partial charge in [0.25, 0.3) is 0 Å². The summed E-state index contributed by atoms with van der Waals surface area (Å²) in [5.41, 5.74) is 5.47. The van der Waals surface area contributed by atoms with E-state index in [-0.39, 0.29) is 0 Å². The summed E-state index contributed by atoms with van der Waals surface area (Å²) in [6, 6.07) is 36.6. The number of aromatic nitrogens is 3. The minimum Gasteiger partial charge on any atom is -0.264 e. The number of hydrogen-bond acceptors (Lipinski definition) is 3. The second kappa shape index (κ2) is 8.19. The quantitative estimate of drug-likeness (QED) is 0.182. The van der Waals surface area contributed by atoms with Crippen LogP contribution in [0.25, 0.3) is 76.4 Å². The Kier molecular flexibility index (Phi) is 4.52. The molecule has 3 heteroatoms. The molecule has 0 saturated heterocycles. The smallest absolute Gasteiger partial charge is 0.0803 e. The summed E-state index contributed by atoms with van der Waals surface area (Å²) in [6.45, 7) is 0. The fourth-order valence-electron chi connectivity index (χ4n) is 5.92. The molecule has 0 atom stereocenters. The van der Waals surface area contributed by atoms with E-state index < -0.39 is 0 Å². The van der Waals surface area contributed by atoms with Crippen LogP contribution in [-0.4, -0.2) is 15.0 Å². The zero-order chi connectivity index (χ0) is 25.1. The van der Waals surface area contributed by atoms with E-state index >= 15 is 0 Å². The van der Waals surface area contributed by atoms with Gasteiger partial charge in [-0.3, -0.25) is 9.97 Å². The molecule has 0 radical (unpaired) electrons. The van der Waals surface area contributed by atoms with Gasteiger partial charge >= 0.3 is 0 Å². The van der Waals surface area contributed by atoms with E-state index in [4.69, 9.17) is 4.98 Å². The van der Waals surface area contributed by atoms with Gasteiger partial charge in [0.05, 0.1) is 11.2 Å². The molecule has 0 aliphatic carbocycles. The van der Waals surface area contributed by atoms with E-state index in [2.05, 4.69) is 107 Å². The molecule has 8 rings (SSSR count). The third-order valence-corrected chi connectivity index (χ3v) is 7.62. The zero-order valence-corrected chi connectivity index (χ0v) is 20.5. The molecule has 3 heterocycles. The lowest BCUT2D eigenvalue weighted by molar-refractivity contribution is 1.35. The molecular weight excluding hydrogens is 462 g/mol. The van der Waals surface area contributed by atoms with Gasteiger partial charge in [-0.05, 0) is 61.6 Å². The molecule has 0 fully saturated rings. The summed E-state index contributed by atoms with van der Waals surface area (Å²) in [5.74, 6) is 0. The van der Waals surface area contributed by atoms with Gasteiger partial charge in [0, 0.05) is 46.5 Å². The molecule has 0 saturated carbocycles. The van der Waals surface area contributed by atoms with E-state index in [1.165, 1.54) is 38.1 Å². The fraction of sp³-hybridized carbons (Fsp3) is 0. The number of benzene rings is 5. The summed E-state index contributed by atoms with van der Waals surface area (Å²) < 4.78 is 0. The maximum absolute atomic E-state index is 5.26. The summed E-state index contributed by atoms with van der Waals surface area (Å²) in [6.07, 6.45) is 7.62. The van der Waals surface area contributed by atoms with Crippen molar-refractivity contribution in [2.45, 2.75) is 0 Å².